The fraction of sp³-hybridized carbons (Fsp3) is 0.478. The van der Waals surface area contributed by atoms with E-state index in [1.54, 1.807) is 32.0 Å². The van der Waals surface area contributed by atoms with Crippen molar-refractivity contribution < 1.29 is 23.7 Å². The summed E-state index contributed by atoms with van der Waals surface area (Å²) in [5.41, 5.74) is 7.02. The summed E-state index contributed by atoms with van der Waals surface area (Å²) in [4.78, 5) is 12.7. The molecule has 7 nitrogen and oxygen atoms in total. The van der Waals surface area contributed by atoms with Gasteiger partial charge in [-0.2, -0.15) is 5.26 Å². The molecule has 2 N–H and O–H groups in total. The van der Waals surface area contributed by atoms with E-state index >= 15 is 0 Å². The first kappa shape index (κ1) is 23.1. The minimum Gasteiger partial charge on any atom is -0.490 e. The summed E-state index contributed by atoms with van der Waals surface area (Å²) in [5, 5.41) is 9.71. The largest absolute Gasteiger partial charge is 0.490 e. The minimum absolute atomic E-state index is 0.0248. The molecule has 30 heavy (non-hydrogen) atoms. The number of nitrogens with two attached hydrogens (primary N) is 1. The van der Waals surface area contributed by atoms with Crippen LogP contribution in [0.15, 0.2) is 41.0 Å². The molecule has 2 rings (SSSR count). The molecule has 0 amide bonds. The second-order valence-electron chi connectivity index (χ2n) is 7.29. The summed E-state index contributed by atoms with van der Waals surface area (Å²) < 4.78 is 22.3. The normalized spacial score (nSPS) is 16.2. The number of nitriles is 1. The predicted molar refractivity (Wildman–Crippen MR) is 113 cm³/mol. The molecule has 162 valence electrons. The lowest BCUT2D eigenvalue weighted by Crippen LogP contribution is -2.25. The van der Waals surface area contributed by atoms with Gasteiger partial charge in [0.2, 0.25) is 5.88 Å². The number of ether oxygens (including phenoxy) is 4. The van der Waals surface area contributed by atoms with E-state index in [0.717, 1.165) is 6.42 Å². The highest BCUT2D eigenvalue weighted by molar-refractivity contribution is 5.92. The summed E-state index contributed by atoms with van der Waals surface area (Å²) in [6.07, 6.45) is 0.917. The third-order valence-electron chi connectivity index (χ3n) is 4.65. The maximum atomic E-state index is 12.7. The summed E-state index contributed by atoms with van der Waals surface area (Å²) in [6.45, 7) is 10.7. The maximum absolute atomic E-state index is 12.7. The Morgan fingerprint density at radius 2 is 1.97 bits per heavy atom. The lowest BCUT2D eigenvalue weighted by Gasteiger charge is -2.27. The molecule has 0 radical (unpaired) electrons. The average molecular weight is 415 g/mol. The van der Waals surface area contributed by atoms with Crippen LogP contribution in [0.2, 0.25) is 0 Å². The van der Waals surface area contributed by atoms with Crippen LogP contribution < -0.4 is 15.2 Å². The zero-order valence-corrected chi connectivity index (χ0v) is 18.3. The zero-order valence-electron chi connectivity index (χ0n) is 18.3. The second-order valence-corrected chi connectivity index (χ2v) is 7.29. The van der Waals surface area contributed by atoms with Crippen LogP contribution in [0.5, 0.6) is 11.5 Å². The van der Waals surface area contributed by atoms with Crippen molar-refractivity contribution in [1.82, 2.24) is 0 Å². The van der Waals surface area contributed by atoms with Crippen LogP contribution in [0, 0.1) is 17.2 Å². The first-order valence-corrected chi connectivity index (χ1v) is 10.2. The molecule has 0 saturated heterocycles. The smallest absolute Gasteiger partial charge is 0.338 e. The Bertz CT molecular complexity index is 880. The van der Waals surface area contributed by atoms with Crippen LogP contribution in [0.3, 0.4) is 0 Å². The number of allylic oxidation sites excluding steroid dienone is 2. The summed E-state index contributed by atoms with van der Waals surface area (Å²) in [7, 11) is 0. The number of nitrogens with zero attached hydrogens (tertiary/aromatic N) is 1. The monoisotopic (exact) mass is 414 g/mol. The molecule has 1 aliphatic heterocycles. The number of carbonyl (C=O) groups excluding carboxylic acids is 1. The molecule has 0 spiro atoms. The van der Waals surface area contributed by atoms with Crippen LogP contribution in [0.4, 0.5) is 0 Å². The third-order valence-corrected chi connectivity index (χ3v) is 4.65. The van der Waals surface area contributed by atoms with Gasteiger partial charge in [-0.3, -0.25) is 0 Å². The molecular weight excluding hydrogens is 384 g/mol. The summed E-state index contributed by atoms with van der Waals surface area (Å²) in [6, 6.07) is 7.45. The van der Waals surface area contributed by atoms with Crippen LogP contribution in [-0.2, 0) is 14.3 Å². The van der Waals surface area contributed by atoms with E-state index in [4.69, 9.17) is 24.7 Å². The lowest BCUT2D eigenvalue weighted by molar-refractivity contribution is -0.139. The highest BCUT2D eigenvalue weighted by atomic mass is 16.5. The Morgan fingerprint density at radius 3 is 2.57 bits per heavy atom. The fourth-order valence-corrected chi connectivity index (χ4v) is 3.18. The van der Waals surface area contributed by atoms with Gasteiger partial charge in [-0.1, -0.05) is 19.9 Å². The molecule has 1 unspecified atom stereocenters. The van der Waals surface area contributed by atoms with Gasteiger partial charge in [-0.15, -0.1) is 0 Å². The standard InChI is InChI=1S/C23H30N2O5/c1-6-27-19-12-16(8-9-18(19)29-11-10-14(3)4)21-17(13-24)22(25)30-15(5)20(21)23(26)28-7-2/h8-9,12,14,21H,6-7,10-11,25H2,1-5H3. The van der Waals surface area contributed by atoms with E-state index in [2.05, 4.69) is 19.9 Å². The van der Waals surface area contributed by atoms with Crippen LogP contribution in [0.25, 0.3) is 0 Å². The van der Waals surface area contributed by atoms with E-state index in [1.807, 2.05) is 6.92 Å². The summed E-state index contributed by atoms with van der Waals surface area (Å²) in [5.74, 6) is 0.702. The van der Waals surface area contributed by atoms with E-state index < -0.39 is 11.9 Å². The Hall–Kier alpha value is -3.14. The number of carbonyl (C=O) groups is 1. The van der Waals surface area contributed by atoms with Crippen molar-refractivity contribution in [2.24, 2.45) is 11.7 Å². The Balaban J connectivity index is 2.50. The average Bonchev–Trinajstić information content (AvgIpc) is 2.68. The van der Waals surface area contributed by atoms with Gasteiger partial charge in [0, 0.05) is 0 Å². The minimum atomic E-state index is -0.716. The van der Waals surface area contributed by atoms with Gasteiger partial charge in [-0.05, 0) is 50.8 Å². The van der Waals surface area contributed by atoms with Crippen molar-refractivity contribution in [3.63, 3.8) is 0 Å². The van der Waals surface area contributed by atoms with Crippen molar-refractivity contribution in [1.29, 1.82) is 5.26 Å². The van der Waals surface area contributed by atoms with E-state index in [1.165, 1.54) is 0 Å². The molecule has 1 aliphatic rings. The quantitative estimate of drug-likeness (QED) is 0.605. The molecule has 1 aromatic carbocycles. The van der Waals surface area contributed by atoms with Crippen molar-refractivity contribution >= 4 is 5.97 Å². The SMILES string of the molecule is CCOC(=O)C1=C(C)OC(N)=C(C#N)C1c1ccc(OCCC(C)C)c(OCC)c1. The van der Waals surface area contributed by atoms with Gasteiger partial charge in [0.15, 0.2) is 11.5 Å². The summed E-state index contributed by atoms with van der Waals surface area (Å²) >= 11 is 0. The number of hydrogen-bond donors (Lipinski definition) is 1. The second kappa shape index (κ2) is 10.6. The number of hydrogen-bond acceptors (Lipinski definition) is 7. The number of benzene rings is 1. The number of rotatable bonds is 9. The van der Waals surface area contributed by atoms with Crippen molar-refractivity contribution in [2.45, 2.75) is 47.0 Å². The van der Waals surface area contributed by atoms with Crippen molar-refractivity contribution in [3.8, 4) is 17.6 Å². The van der Waals surface area contributed by atoms with Crippen LogP contribution >= 0.6 is 0 Å². The molecule has 1 heterocycles. The Labute approximate surface area is 178 Å². The lowest BCUT2D eigenvalue weighted by atomic mass is 9.83. The van der Waals surface area contributed by atoms with Crippen molar-refractivity contribution in [3.05, 3.63) is 46.6 Å². The van der Waals surface area contributed by atoms with Crippen molar-refractivity contribution in [2.75, 3.05) is 19.8 Å². The molecule has 0 aliphatic carbocycles. The maximum Gasteiger partial charge on any atom is 0.338 e. The molecule has 0 fully saturated rings. The molecule has 7 heteroatoms. The van der Waals surface area contributed by atoms with Gasteiger partial charge in [-0.25, -0.2) is 4.79 Å². The molecule has 0 bridgehead atoms. The molecule has 0 saturated carbocycles. The van der Waals surface area contributed by atoms with Gasteiger partial charge in [0.1, 0.15) is 17.4 Å². The van der Waals surface area contributed by atoms with Crippen LogP contribution in [-0.4, -0.2) is 25.8 Å². The predicted octanol–water partition coefficient (Wildman–Crippen LogP) is 4.15. The first-order chi connectivity index (χ1) is 14.3. The van der Waals surface area contributed by atoms with E-state index in [0.29, 0.717) is 42.0 Å². The third kappa shape index (κ3) is 5.26. The van der Waals surface area contributed by atoms with Gasteiger partial charge in [0.25, 0.3) is 0 Å². The topological polar surface area (TPSA) is 104 Å². The molecule has 1 atom stereocenters. The van der Waals surface area contributed by atoms with Gasteiger partial charge in [0.05, 0.1) is 31.3 Å². The first-order valence-electron chi connectivity index (χ1n) is 10.2. The molecule has 1 aromatic rings. The highest BCUT2D eigenvalue weighted by Crippen LogP contribution is 2.42. The van der Waals surface area contributed by atoms with Gasteiger partial charge >= 0.3 is 5.97 Å². The molecular formula is C23H30N2O5. The van der Waals surface area contributed by atoms with E-state index in [-0.39, 0.29) is 23.6 Å². The number of esters is 1. The fourth-order valence-electron chi connectivity index (χ4n) is 3.18. The Morgan fingerprint density at radius 1 is 1.23 bits per heavy atom. The Kier molecular flexibility index (Phi) is 8.16. The van der Waals surface area contributed by atoms with Gasteiger partial charge < -0.3 is 24.7 Å². The van der Waals surface area contributed by atoms with Crippen LogP contribution in [0.1, 0.15) is 52.5 Å². The van der Waals surface area contributed by atoms with E-state index in [9.17, 15) is 10.1 Å². The zero-order chi connectivity index (χ0) is 22.3. The highest BCUT2D eigenvalue weighted by Gasteiger charge is 2.36. The molecule has 0 aromatic heterocycles.